The number of ether oxygens (including phenoxy) is 1. The topological polar surface area (TPSA) is 52.9 Å². The number of β-amino-alcohol motifs (C(OH)–C–C–N with tert-alkyl or cyclic N) is 2. The van der Waals surface area contributed by atoms with Crippen LogP contribution in [0.15, 0.2) is 24.3 Å². The van der Waals surface area contributed by atoms with Gasteiger partial charge in [0.1, 0.15) is 12.4 Å². The number of hydrogen-bond donors (Lipinski definition) is 2. The fourth-order valence-corrected chi connectivity index (χ4v) is 2.03. The molecule has 1 aliphatic rings. The first-order valence-corrected chi connectivity index (χ1v) is 5.94. The van der Waals surface area contributed by atoms with Gasteiger partial charge in [-0.3, -0.25) is 4.90 Å². The number of aliphatic hydroxyl groups excluding tert-OH is 2. The SMILES string of the molecule is Cc1ccccc1OCCN1CC(O)C(O)C1. The molecule has 0 saturated carbocycles. The number of aryl methyl sites for hydroxylation is 1. The quantitative estimate of drug-likeness (QED) is 0.796. The standard InChI is InChI=1S/C13H19NO3/c1-10-4-2-3-5-13(10)17-7-6-14-8-11(15)12(16)9-14/h2-5,11-12,15-16H,6-9H2,1H3. The van der Waals surface area contributed by atoms with Gasteiger partial charge in [0, 0.05) is 19.6 Å². The lowest BCUT2D eigenvalue weighted by Gasteiger charge is -2.15. The Morgan fingerprint density at radius 1 is 1.24 bits per heavy atom. The van der Waals surface area contributed by atoms with Crippen molar-refractivity contribution < 1.29 is 14.9 Å². The second-order valence-electron chi connectivity index (χ2n) is 4.51. The largest absolute Gasteiger partial charge is 0.492 e. The number of para-hydroxylation sites is 1. The van der Waals surface area contributed by atoms with E-state index in [0.29, 0.717) is 19.7 Å². The lowest BCUT2D eigenvalue weighted by atomic mass is 10.2. The zero-order chi connectivity index (χ0) is 12.3. The number of aliphatic hydroxyl groups is 2. The van der Waals surface area contributed by atoms with Gasteiger partial charge in [0.15, 0.2) is 0 Å². The summed E-state index contributed by atoms with van der Waals surface area (Å²) < 4.78 is 5.66. The van der Waals surface area contributed by atoms with E-state index in [1.54, 1.807) is 0 Å². The number of benzene rings is 1. The third-order valence-electron chi connectivity index (χ3n) is 3.09. The van der Waals surface area contributed by atoms with Gasteiger partial charge in [0.05, 0.1) is 12.2 Å². The molecule has 2 atom stereocenters. The second-order valence-corrected chi connectivity index (χ2v) is 4.51. The van der Waals surface area contributed by atoms with E-state index in [-0.39, 0.29) is 0 Å². The molecule has 0 bridgehead atoms. The summed E-state index contributed by atoms with van der Waals surface area (Å²) in [7, 11) is 0. The molecular formula is C13H19NO3. The normalized spacial score (nSPS) is 25.1. The molecule has 1 fully saturated rings. The van der Waals surface area contributed by atoms with E-state index < -0.39 is 12.2 Å². The Kier molecular flexibility index (Phi) is 3.99. The van der Waals surface area contributed by atoms with Crippen LogP contribution in [0.2, 0.25) is 0 Å². The molecule has 0 aromatic heterocycles. The third kappa shape index (κ3) is 3.19. The fourth-order valence-electron chi connectivity index (χ4n) is 2.03. The van der Waals surface area contributed by atoms with Gasteiger partial charge in [-0.1, -0.05) is 18.2 Å². The predicted octanol–water partition coefficient (Wildman–Crippen LogP) is 0.411. The molecule has 1 heterocycles. The molecule has 1 saturated heterocycles. The van der Waals surface area contributed by atoms with Crippen molar-refractivity contribution in [1.82, 2.24) is 4.90 Å². The molecule has 2 unspecified atom stereocenters. The molecule has 94 valence electrons. The van der Waals surface area contributed by atoms with Crippen LogP contribution in [-0.2, 0) is 0 Å². The summed E-state index contributed by atoms with van der Waals surface area (Å²) in [5.74, 6) is 0.896. The molecule has 0 amide bonds. The first-order chi connectivity index (χ1) is 8.16. The molecule has 0 radical (unpaired) electrons. The molecule has 17 heavy (non-hydrogen) atoms. The van der Waals surface area contributed by atoms with Crippen LogP contribution in [0.1, 0.15) is 5.56 Å². The Bertz CT molecular complexity index is 359. The van der Waals surface area contributed by atoms with E-state index in [2.05, 4.69) is 0 Å². The molecule has 2 N–H and O–H groups in total. The van der Waals surface area contributed by atoms with E-state index in [9.17, 15) is 10.2 Å². The van der Waals surface area contributed by atoms with Crippen LogP contribution in [0.4, 0.5) is 0 Å². The van der Waals surface area contributed by atoms with Gasteiger partial charge in [-0.2, -0.15) is 0 Å². The fraction of sp³-hybridized carbons (Fsp3) is 0.538. The van der Waals surface area contributed by atoms with E-state index in [0.717, 1.165) is 17.9 Å². The summed E-state index contributed by atoms with van der Waals surface area (Å²) in [6.07, 6.45) is -1.23. The summed E-state index contributed by atoms with van der Waals surface area (Å²) in [5, 5.41) is 18.8. The molecule has 1 aliphatic heterocycles. The summed E-state index contributed by atoms with van der Waals surface area (Å²) in [6.45, 7) is 4.36. The first-order valence-electron chi connectivity index (χ1n) is 5.94. The number of likely N-dealkylation sites (tertiary alicyclic amines) is 1. The van der Waals surface area contributed by atoms with Crippen molar-refractivity contribution in [2.24, 2.45) is 0 Å². The van der Waals surface area contributed by atoms with Gasteiger partial charge in [-0.05, 0) is 18.6 Å². The zero-order valence-corrected chi connectivity index (χ0v) is 10.0. The molecular weight excluding hydrogens is 218 g/mol. The summed E-state index contributed by atoms with van der Waals surface area (Å²) in [6, 6.07) is 7.89. The van der Waals surface area contributed by atoms with Crippen LogP contribution in [0, 0.1) is 6.92 Å². The average molecular weight is 237 g/mol. The Morgan fingerprint density at radius 3 is 2.53 bits per heavy atom. The Morgan fingerprint density at radius 2 is 1.88 bits per heavy atom. The molecule has 0 aliphatic carbocycles. The van der Waals surface area contributed by atoms with Gasteiger partial charge in [-0.15, -0.1) is 0 Å². The third-order valence-corrected chi connectivity index (χ3v) is 3.09. The van der Waals surface area contributed by atoms with Crippen molar-refractivity contribution in [3.8, 4) is 5.75 Å². The maximum Gasteiger partial charge on any atom is 0.122 e. The lowest BCUT2D eigenvalue weighted by molar-refractivity contribution is 0.0572. The van der Waals surface area contributed by atoms with Gasteiger partial charge < -0.3 is 14.9 Å². The van der Waals surface area contributed by atoms with E-state index in [1.807, 2.05) is 36.1 Å². The zero-order valence-electron chi connectivity index (χ0n) is 10.0. The highest BCUT2D eigenvalue weighted by Crippen LogP contribution is 2.16. The maximum atomic E-state index is 9.40. The van der Waals surface area contributed by atoms with Gasteiger partial charge in [0.25, 0.3) is 0 Å². The molecule has 0 spiro atoms. The lowest BCUT2D eigenvalue weighted by Crippen LogP contribution is -2.27. The van der Waals surface area contributed by atoms with Gasteiger partial charge >= 0.3 is 0 Å². The highest BCUT2D eigenvalue weighted by molar-refractivity contribution is 5.31. The second kappa shape index (κ2) is 5.49. The first kappa shape index (κ1) is 12.4. The minimum atomic E-state index is -0.617. The molecule has 2 rings (SSSR count). The van der Waals surface area contributed by atoms with Crippen molar-refractivity contribution in [2.45, 2.75) is 19.1 Å². The van der Waals surface area contributed by atoms with Crippen LogP contribution in [-0.4, -0.2) is 53.6 Å². The molecule has 4 nitrogen and oxygen atoms in total. The van der Waals surface area contributed by atoms with Crippen LogP contribution in [0.5, 0.6) is 5.75 Å². The monoisotopic (exact) mass is 237 g/mol. The van der Waals surface area contributed by atoms with Crippen molar-refractivity contribution in [3.63, 3.8) is 0 Å². The molecule has 4 heteroatoms. The number of hydrogen-bond acceptors (Lipinski definition) is 4. The maximum absolute atomic E-state index is 9.40. The van der Waals surface area contributed by atoms with Crippen LogP contribution < -0.4 is 4.74 Å². The average Bonchev–Trinajstić information content (AvgIpc) is 2.61. The smallest absolute Gasteiger partial charge is 0.122 e. The van der Waals surface area contributed by atoms with E-state index in [4.69, 9.17) is 4.74 Å². The van der Waals surface area contributed by atoms with E-state index >= 15 is 0 Å². The van der Waals surface area contributed by atoms with Crippen LogP contribution in [0.25, 0.3) is 0 Å². The Balaban J connectivity index is 1.75. The van der Waals surface area contributed by atoms with Gasteiger partial charge in [-0.25, -0.2) is 0 Å². The Hall–Kier alpha value is -1.10. The van der Waals surface area contributed by atoms with Crippen molar-refractivity contribution in [1.29, 1.82) is 0 Å². The number of rotatable bonds is 4. The minimum Gasteiger partial charge on any atom is -0.492 e. The van der Waals surface area contributed by atoms with Crippen LogP contribution in [0.3, 0.4) is 0 Å². The minimum absolute atomic E-state index is 0.526. The molecule has 1 aromatic rings. The Labute approximate surface area is 101 Å². The van der Waals surface area contributed by atoms with Crippen molar-refractivity contribution in [3.05, 3.63) is 29.8 Å². The highest BCUT2D eigenvalue weighted by atomic mass is 16.5. The van der Waals surface area contributed by atoms with Gasteiger partial charge in [0.2, 0.25) is 0 Å². The van der Waals surface area contributed by atoms with Crippen LogP contribution >= 0.6 is 0 Å². The van der Waals surface area contributed by atoms with Crippen molar-refractivity contribution in [2.75, 3.05) is 26.2 Å². The predicted molar refractivity (Wildman–Crippen MR) is 65.1 cm³/mol. The van der Waals surface area contributed by atoms with Crippen molar-refractivity contribution >= 4 is 0 Å². The summed E-state index contributed by atoms with van der Waals surface area (Å²) in [5.41, 5.74) is 1.12. The highest BCUT2D eigenvalue weighted by Gasteiger charge is 2.28. The molecule has 1 aromatic carbocycles. The number of nitrogens with zero attached hydrogens (tertiary/aromatic N) is 1. The summed E-state index contributed by atoms with van der Waals surface area (Å²) in [4.78, 5) is 2.01. The van der Waals surface area contributed by atoms with E-state index in [1.165, 1.54) is 0 Å². The summed E-state index contributed by atoms with van der Waals surface area (Å²) >= 11 is 0.